The van der Waals surface area contributed by atoms with Gasteiger partial charge in [-0.3, -0.25) is 4.79 Å². The highest BCUT2D eigenvalue weighted by Gasteiger charge is 2.16. The lowest BCUT2D eigenvalue weighted by Crippen LogP contribution is -2.36. The summed E-state index contributed by atoms with van der Waals surface area (Å²) >= 11 is 1.68. The number of hydrogen-bond donors (Lipinski definition) is 2. The smallest absolute Gasteiger partial charge is 0.241 e. The number of thioether (sulfide) groups is 1. The van der Waals surface area contributed by atoms with Crippen LogP contribution in [0.5, 0.6) is 5.75 Å². The molecule has 1 amide bonds. The average Bonchev–Trinajstić information content (AvgIpc) is 3.04. The number of nitrogens with two attached hydrogens (primary N) is 1. The highest BCUT2D eigenvalue weighted by atomic mass is 32.2. The zero-order chi connectivity index (χ0) is 15.8. The molecule has 2 atom stereocenters. The zero-order valence-corrected chi connectivity index (χ0v) is 13.7. The van der Waals surface area contributed by atoms with Crippen molar-refractivity contribution in [3.8, 4) is 5.75 Å². The minimum absolute atomic E-state index is 0.162. The van der Waals surface area contributed by atoms with Crippen LogP contribution in [0.25, 0.3) is 0 Å². The highest BCUT2D eigenvalue weighted by Crippen LogP contribution is 2.20. The van der Waals surface area contributed by atoms with Crippen LogP contribution in [0, 0.1) is 0 Å². The molecule has 1 aromatic rings. The van der Waals surface area contributed by atoms with Gasteiger partial charge in [-0.15, -0.1) is 0 Å². The molecule has 5 nitrogen and oxygen atoms in total. The van der Waals surface area contributed by atoms with E-state index in [-0.39, 0.29) is 12.0 Å². The summed E-state index contributed by atoms with van der Waals surface area (Å²) in [6.45, 7) is 1.36. The van der Waals surface area contributed by atoms with Crippen LogP contribution in [0.1, 0.15) is 19.3 Å². The molecule has 1 heterocycles. The Morgan fingerprint density at radius 2 is 2.45 bits per heavy atom. The molecule has 2 rings (SSSR count). The number of amides is 1. The Labute approximate surface area is 135 Å². The van der Waals surface area contributed by atoms with Gasteiger partial charge in [0.1, 0.15) is 12.4 Å². The van der Waals surface area contributed by atoms with Crippen LogP contribution in [0.3, 0.4) is 0 Å². The standard InChI is InChI=1S/C16H24N2O3S/c1-22-9-7-15(17)16(19)18-12-4-2-5-13(10-12)21-11-14-6-3-8-20-14/h2,4-5,10,14-15H,3,6-9,11,17H2,1H3,(H,18,19). The second kappa shape index (κ2) is 9.02. The van der Waals surface area contributed by atoms with Gasteiger partial charge in [-0.2, -0.15) is 11.8 Å². The van der Waals surface area contributed by atoms with E-state index in [4.69, 9.17) is 15.2 Å². The van der Waals surface area contributed by atoms with Crippen LogP contribution < -0.4 is 15.8 Å². The van der Waals surface area contributed by atoms with Gasteiger partial charge in [0, 0.05) is 18.4 Å². The highest BCUT2D eigenvalue weighted by molar-refractivity contribution is 7.98. The Bertz CT molecular complexity index is 478. The number of ether oxygens (including phenoxy) is 2. The zero-order valence-electron chi connectivity index (χ0n) is 12.9. The van der Waals surface area contributed by atoms with Crippen molar-refractivity contribution < 1.29 is 14.3 Å². The fourth-order valence-electron chi connectivity index (χ4n) is 2.24. The molecule has 122 valence electrons. The van der Waals surface area contributed by atoms with Crippen LogP contribution in [0.15, 0.2) is 24.3 Å². The molecule has 0 bridgehead atoms. The van der Waals surface area contributed by atoms with Crippen LogP contribution in [-0.4, -0.2) is 43.3 Å². The van der Waals surface area contributed by atoms with Crippen molar-refractivity contribution in [3.05, 3.63) is 24.3 Å². The molecule has 1 saturated heterocycles. The molecule has 0 spiro atoms. The van der Waals surface area contributed by atoms with E-state index < -0.39 is 6.04 Å². The normalized spacial score (nSPS) is 18.9. The lowest BCUT2D eigenvalue weighted by atomic mass is 10.2. The summed E-state index contributed by atoms with van der Waals surface area (Å²) in [5.74, 6) is 1.44. The van der Waals surface area contributed by atoms with Gasteiger partial charge in [0.25, 0.3) is 0 Å². The first-order valence-electron chi connectivity index (χ1n) is 7.59. The number of benzene rings is 1. The third-order valence-electron chi connectivity index (χ3n) is 3.53. The number of nitrogens with one attached hydrogen (secondary N) is 1. The van der Waals surface area contributed by atoms with E-state index in [9.17, 15) is 4.79 Å². The number of carbonyl (C=O) groups excluding carboxylic acids is 1. The fraction of sp³-hybridized carbons (Fsp3) is 0.562. The molecule has 6 heteroatoms. The van der Waals surface area contributed by atoms with E-state index >= 15 is 0 Å². The molecule has 22 heavy (non-hydrogen) atoms. The Morgan fingerprint density at radius 1 is 1.59 bits per heavy atom. The Morgan fingerprint density at radius 3 is 3.18 bits per heavy atom. The van der Waals surface area contributed by atoms with Crippen LogP contribution in [-0.2, 0) is 9.53 Å². The summed E-state index contributed by atoms with van der Waals surface area (Å²) in [5, 5.41) is 2.83. The van der Waals surface area contributed by atoms with E-state index in [1.165, 1.54) is 0 Å². The SMILES string of the molecule is CSCCC(N)C(=O)Nc1cccc(OCC2CCCO2)c1. The predicted molar refractivity (Wildman–Crippen MR) is 90.5 cm³/mol. The summed E-state index contributed by atoms with van der Waals surface area (Å²) < 4.78 is 11.3. The van der Waals surface area contributed by atoms with E-state index in [2.05, 4.69) is 5.32 Å². The van der Waals surface area contributed by atoms with Gasteiger partial charge in [-0.25, -0.2) is 0 Å². The second-order valence-electron chi connectivity index (χ2n) is 5.35. The molecule has 1 aromatic carbocycles. The van der Waals surface area contributed by atoms with Crippen LogP contribution >= 0.6 is 11.8 Å². The van der Waals surface area contributed by atoms with Gasteiger partial charge in [0.15, 0.2) is 0 Å². The van der Waals surface area contributed by atoms with Gasteiger partial charge < -0.3 is 20.5 Å². The van der Waals surface area contributed by atoms with Crippen molar-refractivity contribution in [2.45, 2.75) is 31.4 Å². The first-order chi connectivity index (χ1) is 10.7. The minimum Gasteiger partial charge on any atom is -0.491 e. The predicted octanol–water partition coefficient (Wildman–Crippen LogP) is 2.26. The maximum absolute atomic E-state index is 12.0. The van der Waals surface area contributed by atoms with Crippen LogP contribution in [0.2, 0.25) is 0 Å². The van der Waals surface area contributed by atoms with E-state index in [0.717, 1.165) is 31.0 Å². The van der Waals surface area contributed by atoms with Crippen molar-refractivity contribution in [2.24, 2.45) is 5.73 Å². The first-order valence-corrected chi connectivity index (χ1v) is 8.98. The molecule has 3 N–H and O–H groups in total. The molecule has 2 unspecified atom stereocenters. The van der Waals surface area contributed by atoms with Gasteiger partial charge in [0.2, 0.25) is 5.91 Å². The second-order valence-corrected chi connectivity index (χ2v) is 6.34. The molecule has 0 saturated carbocycles. The third kappa shape index (κ3) is 5.51. The van der Waals surface area contributed by atoms with Crippen molar-refractivity contribution in [1.82, 2.24) is 0 Å². The Balaban J connectivity index is 1.83. The third-order valence-corrected chi connectivity index (χ3v) is 4.18. The summed E-state index contributed by atoms with van der Waals surface area (Å²) in [6.07, 6.45) is 4.98. The lowest BCUT2D eigenvalue weighted by molar-refractivity contribution is -0.117. The molecule has 0 aliphatic carbocycles. The summed E-state index contributed by atoms with van der Waals surface area (Å²) in [7, 11) is 0. The van der Waals surface area contributed by atoms with Gasteiger partial charge in [0.05, 0.1) is 12.1 Å². The quantitative estimate of drug-likeness (QED) is 0.767. The summed E-state index contributed by atoms with van der Waals surface area (Å²) in [5.41, 5.74) is 6.56. The lowest BCUT2D eigenvalue weighted by Gasteiger charge is -2.14. The molecule has 0 radical (unpaired) electrons. The maximum atomic E-state index is 12.0. The number of rotatable bonds is 8. The van der Waals surface area contributed by atoms with Crippen molar-refractivity contribution in [3.63, 3.8) is 0 Å². The van der Waals surface area contributed by atoms with Crippen molar-refractivity contribution in [1.29, 1.82) is 0 Å². The fourth-order valence-corrected chi connectivity index (χ4v) is 2.73. The number of carbonyl (C=O) groups is 1. The van der Waals surface area contributed by atoms with Gasteiger partial charge >= 0.3 is 0 Å². The summed E-state index contributed by atoms with van der Waals surface area (Å²) in [4.78, 5) is 12.0. The van der Waals surface area contributed by atoms with Gasteiger partial charge in [-0.05, 0) is 43.4 Å². The van der Waals surface area contributed by atoms with E-state index in [1.54, 1.807) is 11.8 Å². The monoisotopic (exact) mass is 324 g/mol. The van der Waals surface area contributed by atoms with E-state index in [0.29, 0.717) is 18.7 Å². The molecule has 1 aliphatic rings. The Hall–Kier alpha value is -1.24. The largest absolute Gasteiger partial charge is 0.491 e. The molecular weight excluding hydrogens is 300 g/mol. The first kappa shape index (κ1) is 17.1. The van der Waals surface area contributed by atoms with Crippen LogP contribution in [0.4, 0.5) is 5.69 Å². The molecule has 0 aromatic heterocycles. The number of anilines is 1. The molecule has 1 fully saturated rings. The summed E-state index contributed by atoms with van der Waals surface area (Å²) in [6, 6.07) is 6.89. The maximum Gasteiger partial charge on any atom is 0.241 e. The molecular formula is C16H24N2O3S. The number of hydrogen-bond acceptors (Lipinski definition) is 5. The van der Waals surface area contributed by atoms with Crippen molar-refractivity contribution in [2.75, 3.05) is 30.5 Å². The topological polar surface area (TPSA) is 73.6 Å². The van der Waals surface area contributed by atoms with E-state index in [1.807, 2.05) is 30.5 Å². The van der Waals surface area contributed by atoms with Crippen molar-refractivity contribution >= 4 is 23.4 Å². The average molecular weight is 324 g/mol. The van der Waals surface area contributed by atoms with Gasteiger partial charge in [-0.1, -0.05) is 6.07 Å². The minimum atomic E-state index is -0.482. The Kier molecular flexibility index (Phi) is 7.02. The molecule has 1 aliphatic heterocycles.